The standard InChI is InChI=1S/C32H32N2O2S.ClH/c33-29(31(25-13-5-1-6-14-25)26-15-7-2-8-16-26)21-23-37(35,36)24-22-30(34)32(27-17-9-3-10-18-27)28-19-11-4-12-20-28;/h1-24,29-32H,33-34H2;1H/t29-,30-;/m0./s1. The summed E-state index contributed by atoms with van der Waals surface area (Å²) in [6.45, 7) is 0. The van der Waals surface area contributed by atoms with Crippen LogP contribution in [0, 0.1) is 0 Å². The highest BCUT2D eigenvalue weighted by Crippen LogP contribution is 2.29. The van der Waals surface area contributed by atoms with Crippen LogP contribution in [-0.2, 0) is 9.84 Å². The van der Waals surface area contributed by atoms with Gasteiger partial charge in [-0.1, -0.05) is 133 Å². The second-order valence-electron chi connectivity index (χ2n) is 9.00. The van der Waals surface area contributed by atoms with Crippen LogP contribution in [0.1, 0.15) is 34.1 Å². The first kappa shape index (κ1) is 29.1. The third kappa shape index (κ3) is 7.76. The maximum absolute atomic E-state index is 12.9. The maximum Gasteiger partial charge on any atom is 0.192 e. The van der Waals surface area contributed by atoms with E-state index in [1.807, 2.05) is 121 Å². The molecule has 0 bridgehead atoms. The summed E-state index contributed by atoms with van der Waals surface area (Å²) >= 11 is 0. The molecule has 0 aliphatic rings. The third-order valence-electron chi connectivity index (χ3n) is 6.39. The van der Waals surface area contributed by atoms with E-state index in [1.165, 1.54) is 10.8 Å². The van der Waals surface area contributed by atoms with Gasteiger partial charge in [0, 0.05) is 34.7 Å². The van der Waals surface area contributed by atoms with Crippen molar-refractivity contribution in [2.45, 2.75) is 23.9 Å². The van der Waals surface area contributed by atoms with Crippen LogP contribution in [0.2, 0.25) is 0 Å². The maximum atomic E-state index is 12.9. The number of rotatable bonds is 10. The SMILES string of the molecule is Cl.N[C@@H](C=CS(=O)(=O)C=C[C@H](N)C(c1ccccc1)c1ccccc1)C(c1ccccc1)c1ccccc1. The van der Waals surface area contributed by atoms with E-state index in [1.54, 1.807) is 12.2 Å². The Labute approximate surface area is 232 Å². The molecule has 0 aliphatic carbocycles. The summed E-state index contributed by atoms with van der Waals surface area (Å²) in [6.07, 6.45) is 3.11. The van der Waals surface area contributed by atoms with Gasteiger partial charge in [0.05, 0.1) is 0 Å². The summed E-state index contributed by atoms with van der Waals surface area (Å²) in [4.78, 5) is 0. The van der Waals surface area contributed by atoms with Crippen LogP contribution in [0.5, 0.6) is 0 Å². The van der Waals surface area contributed by atoms with Crippen molar-refractivity contribution in [1.29, 1.82) is 0 Å². The molecule has 4 rings (SSSR count). The molecule has 0 aromatic heterocycles. The molecule has 4 aromatic carbocycles. The van der Waals surface area contributed by atoms with E-state index in [4.69, 9.17) is 11.5 Å². The smallest absolute Gasteiger partial charge is 0.192 e. The van der Waals surface area contributed by atoms with E-state index in [0.717, 1.165) is 22.3 Å². The van der Waals surface area contributed by atoms with Crippen LogP contribution in [0.25, 0.3) is 0 Å². The molecule has 0 saturated heterocycles. The van der Waals surface area contributed by atoms with Crippen LogP contribution in [-0.4, -0.2) is 20.5 Å². The molecule has 4 nitrogen and oxygen atoms in total. The minimum absolute atomic E-state index is 0. The number of sulfone groups is 1. The second kappa shape index (κ2) is 13.9. The minimum atomic E-state index is -3.69. The number of hydrogen-bond acceptors (Lipinski definition) is 4. The fourth-order valence-electron chi connectivity index (χ4n) is 4.58. The highest BCUT2D eigenvalue weighted by molar-refractivity contribution is 7.97. The molecule has 0 radical (unpaired) electrons. The largest absolute Gasteiger partial charge is 0.324 e. The average molecular weight is 545 g/mol. The lowest BCUT2D eigenvalue weighted by Crippen LogP contribution is -2.28. The molecule has 4 N–H and O–H groups in total. The molecule has 4 aromatic rings. The van der Waals surface area contributed by atoms with Gasteiger partial charge in [-0.05, 0) is 22.3 Å². The van der Waals surface area contributed by atoms with Gasteiger partial charge in [-0.3, -0.25) is 0 Å². The van der Waals surface area contributed by atoms with E-state index < -0.39 is 21.9 Å². The van der Waals surface area contributed by atoms with Crippen molar-refractivity contribution < 1.29 is 8.42 Å². The average Bonchev–Trinajstić information content (AvgIpc) is 2.94. The first-order valence-corrected chi connectivity index (χ1v) is 13.9. The van der Waals surface area contributed by atoms with Crippen molar-refractivity contribution in [2.24, 2.45) is 11.5 Å². The van der Waals surface area contributed by atoms with Gasteiger partial charge in [0.25, 0.3) is 0 Å². The molecular formula is C32H33ClN2O2S. The molecule has 0 unspecified atom stereocenters. The van der Waals surface area contributed by atoms with E-state index in [9.17, 15) is 8.42 Å². The number of nitrogens with two attached hydrogens (primary N) is 2. The van der Waals surface area contributed by atoms with Crippen LogP contribution in [0.3, 0.4) is 0 Å². The number of hydrogen-bond donors (Lipinski definition) is 2. The van der Waals surface area contributed by atoms with Gasteiger partial charge >= 0.3 is 0 Å². The van der Waals surface area contributed by atoms with Gasteiger partial charge in [-0.25, -0.2) is 8.42 Å². The van der Waals surface area contributed by atoms with E-state index >= 15 is 0 Å². The summed E-state index contributed by atoms with van der Waals surface area (Å²) in [5.74, 6) is -0.360. The number of halogens is 1. The minimum Gasteiger partial charge on any atom is -0.324 e. The van der Waals surface area contributed by atoms with Crippen molar-refractivity contribution >= 4 is 22.2 Å². The van der Waals surface area contributed by atoms with Crippen molar-refractivity contribution in [3.05, 3.63) is 167 Å². The Morgan fingerprint density at radius 1 is 0.474 bits per heavy atom. The van der Waals surface area contributed by atoms with Crippen LogP contribution >= 0.6 is 12.4 Å². The Balaban J connectivity index is 0.00000400. The molecule has 6 heteroatoms. The van der Waals surface area contributed by atoms with Crippen LogP contribution in [0.15, 0.2) is 144 Å². The molecule has 0 spiro atoms. The summed E-state index contributed by atoms with van der Waals surface area (Å²) in [6, 6.07) is 38.4. The molecule has 38 heavy (non-hydrogen) atoms. The zero-order valence-electron chi connectivity index (χ0n) is 21.0. The lowest BCUT2D eigenvalue weighted by Gasteiger charge is -2.23. The Kier molecular flexibility index (Phi) is 10.6. The topological polar surface area (TPSA) is 86.2 Å². The second-order valence-corrected chi connectivity index (χ2v) is 10.7. The summed E-state index contributed by atoms with van der Waals surface area (Å²) in [5.41, 5.74) is 17.2. The van der Waals surface area contributed by atoms with Gasteiger partial charge in [-0.15, -0.1) is 12.4 Å². The summed E-state index contributed by atoms with van der Waals surface area (Å²) in [7, 11) is -3.69. The number of benzene rings is 4. The molecular weight excluding hydrogens is 512 g/mol. The predicted octanol–water partition coefficient (Wildman–Crippen LogP) is 6.17. The van der Waals surface area contributed by atoms with Gasteiger partial charge < -0.3 is 11.5 Å². The molecule has 0 saturated carbocycles. The molecule has 0 amide bonds. The highest BCUT2D eigenvalue weighted by Gasteiger charge is 2.22. The molecule has 2 atom stereocenters. The Bertz CT molecular complexity index is 1230. The summed E-state index contributed by atoms with van der Waals surface area (Å²) < 4.78 is 25.9. The lowest BCUT2D eigenvalue weighted by atomic mass is 9.85. The van der Waals surface area contributed by atoms with E-state index in [2.05, 4.69) is 0 Å². The molecule has 0 aliphatic heterocycles. The van der Waals surface area contributed by atoms with Crippen molar-refractivity contribution in [1.82, 2.24) is 0 Å². The van der Waals surface area contributed by atoms with Crippen LogP contribution in [0.4, 0.5) is 0 Å². The first-order chi connectivity index (χ1) is 17.9. The van der Waals surface area contributed by atoms with Gasteiger partial charge in [0.2, 0.25) is 0 Å². The highest BCUT2D eigenvalue weighted by atomic mass is 35.5. The van der Waals surface area contributed by atoms with Gasteiger partial charge in [0.1, 0.15) is 0 Å². The quantitative estimate of drug-likeness (QED) is 0.250. The van der Waals surface area contributed by atoms with Crippen molar-refractivity contribution in [2.75, 3.05) is 0 Å². The van der Waals surface area contributed by atoms with E-state index in [-0.39, 0.29) is 24.2 Å². The summed E-state index contributed by atoms with van der Waals surface area (Å²) in [5, 5.41) is 2.36. The van der Waals surface area contributed by atoms with Crippen LogP contribution < -0.4 is 11.5 Å². The Morgan fingerprint density at radius 3 is 0.947 bits per heavy atom. The third-order valence-corrected chi connectivity index (χ3v) is 7.46. The van der Waals surface area contributed by atoms with Gasteiger partial charge in [0.15, 0.2) is 9.84 Å². The normalized spacial score (nSPS) is 13.6. The Morgan fingerprint density at radius 2 is 0.711 bits per heavy atom. The van der Waals surface area contributed by atoms with Crippen molar-refractivity contribution in [3.63, 3.8) is 0 Å². The molecule has 0 heterocycles. The van der Waals surface area contributed by atoms with Gasteiger partial charge in [-0.2, -0.15) is 0 Å². The molecule has 0 fully saturated rings. The van der Waals surface area contributed by atoms with E-state index in [0.29, 0.717) is 0 Å². The monoisotopic (exact) mass is 544 g/mol. The first-order valence-electron chi connectivity index (χ1n) is 12.3. The lowest BCUT2D eigenvalue weighted by molar-refractivity contribution is 0.611. The molecule has 196 valence electrons. The Hall–Kier alpha value is -3.48. The van der Waals surface area contributed by atoms with Crippen molar-refractivity contribution in [3.8, 4) is 0 Å². The fraction of sp³-hybridized carbons (Fsp3) is 0.125. The fourth-order valence-corrected chi connectivity index (χ4v) is 5.47. The predicted molar refractivity (Wildman–Crippen MR) is 160 cm³/mol. The zero-order chi connectivity index (χ0) is 26.1. The zero-order valence-corrected chi connectivity index (χ0v) is 22.6.